The summed E-state index contributed by atoms with van der Waals surface area (Å²) in [6.45, 7) is 0. The first kappa shape index (κ1) is 14.1. The van der Waals surface area contributed by atoms with E-state index in [4.69, 9.17) is 5.26 Å². The third kappa shape index (κ3) is 3.57. The minimum atomic E-state index is -4.50. The predicted molar refractivity (Wildman–Crippen MR) is 70.1 cm³/mol. The molecular formula is C13H13F3N2S. The number of rotatable bonds is 2. The van der Waals surface area contributed by atoms with Gasteiger partial charge in [-0.2, -0.15) is 30.2 Å². The number of nitrogens with zero attached hydrogens (tertiary/aromatic N) is 1. The molecule has 2 rings (SSSR count). The van der Waals surface area contributed by atoms with Crippen LogP contribution in [0.4, 0.5) is 18.9 Å². The monoisotopic (exact) mass is 286 g/mol. The number of anilines is 1. The van der Waals surface area contributed by atoms with Crippen LogP contribution in [0.2, 0.25) is 0 Å². The van der Waals surface area contributed by atoms with Gasteiger partial charge in [0.1, 0.15) is 0 Å². The number of thioether (sulfide) groups is 1. The average molecular weight is 286 g/mol. The lowest BCUT2D eigenvalue weighted by molar-refractivity contribution is -0.137. The smallest absolute Gasteiger partial charge is 0.381 e. The Balaban J connectivity index is 2.20. The number of benzene rings is 1. The normalized spacial score (nSPS) is 19.8. The summed E-state index contributed by atoms with van der Waals surface area (Å²) in [5, 5.41) is 11.8. The Morgan fingerprint density at radius 2 is 2.16 bits per heavy atom. The van der Waals surface area contributed by atoms with Crippen molar-refractivity contribution in [2.24, 2.45) is 0 Å². The molecule has 1 atom stereocenters. The first-order valence-electron chi connectivity index (χ1n) is 5.96. The highest BCUT2D eigenvalue weighted by molar-refractivity contribution is 7.99. The first-order valence-corrected chi connectivity index (χ1v) is 7.12. The van der Waals surface area contributed by atoms with Crippen molar-refractivity contribution in [3.05, 3.63) is 29.3 Å². The van der Waals surface area contributed by atoms with Gasteiger partial charge in [0.05, 0.1) is 17.2 Å². The zero-order chi connectivity index (χ0) is 13.9. The SMILES string of the molecule is N#Cc1ccc(NC2CCCSC2)cc1C(F)(F)F. The van der Waals surface area contributed by atoms with Gasteiger partial charge in [0.25, 0.3) is 0 Å². The third-order valence-corrected chi connectivity index (χ3v) is 4.19. The number of hydrogen-bond acceptors (Lipinski definition) is 3. The zero-order valence-electron chi connectivity index (χ0n) is 10.1. The molecule has 0 amide bonds. The molecule has 0 bridgehead atoms. The molecule has 6 heteroatoms. The van der Waals surface area contributed by atoms with Gasteiger partial charge in [0.2, 0.25) is 0 Å². The molecule has 0 saturated carbocycles. The summed E-state index contributed by atoms with van der Waals surface area (Å²) in [5.74, 6) is 2.01. The van der Waals surface area contributed by atoms with Crippen LogP contribution >= 0.6 is 11.8 Å². The lowest BCUT2D eigenvalue weighted by Crippen LogP contribution is -2.25. The summed E-state index contributed by atoms with van der Waals surface area (Å²) >= 11 is 1.80. The Labute approximate surface area is 114 Å². The molecular weight excluding hydrogens is 273 g/mol. The van der Waals surface area contributed by atoms with Crippen LogP contribution in [0.3, 0.4) is 0 Å². The van der Waals surface area contributed by atoms with Crippen LogP contribution in [0.15, 0.2) is 18.2 Å². The van der Waals surface area contributed by atoms with Gasteiger partial charge in [0, 0.05) is 17.5 Å². The van der Waals surface area contributed by atoms with E-state index in [2.05, 4.69) is 5.32 Å². The molecule has 0 spiro atoms. The maximum absolute atomic E-state index is 12.8. The molecule has 2 nitrogen and oxygen atoms in total. The molecule has 1 fully saturated rings. The Hall–Kier alpha value is -1.35. The molecule has 0 radical (unpaired) electrons. The molecule has 1 saturated heterocycles. The van der Waals surface area contributed by atoms with E-state index in [0.717, 1.165) is 30.4 Å². The fourth-order valence-corrected chi connectivity index (χ4v) is 3.13. The summed E-state index contributed by atoms with van der Waals surface area (Å²) in [4.78, 5) is 0. The van der Waals surface area contributed by atoms with Crippen molar-refractivity contribution < 1.29 is 13.2 Å². The largest absolute Gasteiger partial charge is 0.417 e. The lowest BCUT2D eigenvalue weighted by Gasteiger charge is -2.24. The van der Waals surface area contributed by atoms with Crippen molar-refractivity contribution in [2.75, 3.05) is 16.8 Å². The van der Waals surface area contributed by atoms with Crippen LogP contribution in [0.5, 0.6) is 0 Å². The van der Waals surface area contributed by atoms with E-state index in [-0.39, 0.29) is 11.6 Å². The molecule has 1 aromatic rings. The van der Waals surface area contributed by atoms with Gasteiger partial charge in [-0.15, -0.1) is 0 Å². The number of halogens is 3. The van der Waals surface area contributed by atoms with Crippen LogP contribution in [0.1, 0.15) is 24.0 Å². The maximum Gasteiger partial charge on any atom is 0.417 e. The number of alkyl halides is 3. The fraction of sp³-hybridized carbons (Fsp3) is 0.462. The van der Waals surface area contributed by atoms with Gasteiger partial charge < -0.3 is 5.32 Å². The first-order chi connectivity index (χ1) is 9.00. The Morgan fingerprint density at radius 1 is 1.37 bits per heavy atom. The van der Waals surface area contributed by atoms with Gasteiger partial charge >= 0.3 is 6.18 Å². The van der Waals surface area contributed by atoms with E-state index >= 15 is 0 Å². The second kappa shape index (κ2) is 5.74. The van der Waals surface area contributed by atoms with Gasteiger partial charge in [0.15, 0.2) is 0 Å². The summed E-state index contributed by atoms with van der Waals surface area (Å²) in [7, 11) is 0. The van der Waals surface area contributed by atoms with Crippen molar-refractivity contribution in [1.29, 1.82) is 5.26 Å². The number of nitrogens with one attached hydrogen (secondary N) is 1. The van der Waals surface area contributed by atoms with Crippen LogP contribution in [0, 0.1) is 11.3 Å². The quantitative estimate of drug-likeness (QED) is 0.896. The van der Waals surface area contributed by atoms with E-state index in [1.165, 1.54) is 12.1 Å². The topological polar surface area (TPSA) is 35.8 Å². The number of nitriles is 1. The Bertz CT molecular complexity index is 488. The molecule has 1 aliphatic rings. The summed E-state index contributed by atoms with van der Waals surface area (Å²) < 4.78 is 38.4. The summed E-state index contributed by atoms with van der Waals surface area (Å²) in [6, 6.07) is 5.57. The molecule has 0 aromatic heterocycles. The standard InChI is InChI=1S/C13H13F3N2S/c14-13(15,16)12-6-10(4-3-9(12)7-17)18-11-2-1-5-19-8-11/h3-4,6,11,18H,1-2,5,8H2. The fourth-order valence-electron chi connectivity index (χ4n) is 2.06. The van der Waals surface area contributed by atoms with E-state index in [0.29, 0.717) is 5.69 Å². The highest BCUT2D eigenvalue weighted by Crippen LogP contribution is 2.34. The average Bonchev–Trinajstić information content (AvgIpc) is 2.39. The van der Waals surface area contributed by atoms with Gasteiger partial charge in [-0.3, -0.25) is 0 Å². The van der Waals surface area contributed by atoms with Crippen molar-refractivity contribution in [2.45, 2.75) is 25.1 Å². The third-order valence-electron chi connectivity index (χ3n) is 2.98. The molecule has 1 N–H and O–H groups in total. The zero-order valence-corrected chi connectivity index (χ0v) is 10.9. The second-order valence-electron chi connectivity index (χ2n) is 4.43. The highest BCUT2D eigenvalue weighted by Gasteiger charge is 2.34. The molecule has 1 aromatic carbocycles. The summed E-state index contributed by atoms with van der Waals surface area (Å²) in [5.41, 5.74) is -0.779. The van der Waals surface area contributed by atoms with Gasteiger partial charge in [-0.1, -0.05) is 0 Å². The van der Waals surface area contributed by atoms with Gasteiger partial charge in [-0.05, 0) is 36.8 Å². The minimum absolute atomic E-state index is 0.202. The van der Waals surface area contributed by atoms with E-state index in [9.17, 15) is 13.2 Å². The summed E-state index contributed by atoms with van der Waals surface area (Å²) in [6.07, 6.45) is -2.46. The molecule has 1 unspecified atom stereocenters. The lowest BCUT2D eigenvalue weighted by atomic mass is 10.1. The van der Waals surface area contributed by atoms with Crippen molar-refractivity contribution >= 4 is 17.4 Å². The van der Waals surface area contributed by atoms with Crippen molar-refractivity contribution in [1.82, 2.24) is 0 Å². The second-order valence-corrected chi connectivity index (χ2v) is 5.58. The van der Waals surface area contributed by atoms with Crippen LogP contribution in [-0.4, -0.2) is 17.5 Å². The van der Waals surface area contributed by atoms with Crippen molar-refractivity contribution in [3.63, 3.8) is 0 Å². The minimum Gasteiger partial charge on any atom is -0.381 e. The van der Waals surface area contributed by atoms with Gasteiger partial charge in [-0.25, -0.2) is 0 Å². The maximum atomic E-state index is 12.8. The van der Waals surface area contributed by atoms with Crippen LogP contribution < -0.4 is 5.32 Å². The van der Waals surface area contributed by atoms with E-state index in [1.54, 1.807) is 17.8 Å². The highest BCUT2D eigenvalue weighted by atomic mass is 32.2. The molecule has 102 valence electrons. The Kier molecular flexibility index (Phi) is 4.25. The molecule has 1 heterocycles. The van der Waals surface area contributed by atoms with Crippen LogP contribution in [0.25, 0.3) is 0 Å². The molecule has 1 aliphatic heterocycles. The van der Waals surface area contributed by atoms with Crippen LogP contribution in [-0.2, 0) is 6.18 Å². The predicted octanol–water partition coefficient (Wildman–Crippen LogP) is 3.88. The number of hydrogen-bond donors (Lipinski definition) is 1. The van der Waals surface area contributed by atoms with E-state index in [1.807, 2.05) is 0 Å². The molecule has 19 heavy (non-hydrogen) atoms. The molecule has 0 aliphatic carbocycles. The van der Waals surface area contributed by atoms with E-state index < -0.39 is 11.7 Å². The van der Waals surface area contributed by atoms with Crippen molar-refractivity contribution in [3.8, 4) is 6.07 Å². The Morgan fingerprint density at radius 3 is 2.74 bits per heavy atom.